The fourth-order valence-electron chi connectivity index (χ4n) is 2.87. The minimum absolute atomic E-state index is 0.165. The predicted octanol–water partition coefficient (Wildman–Crippen LogP) is 3.35. The summed E-state index contributed by atoms with van der Waals surface area (Å²) in [5.41, 5.74) is -2.25. The van der Waals surface area contributed by atoms with Crippen LogP contribution in [0.2, 0.25) is 0 Å². The largest absolute Gasteiger partial charge is 0.465 e. The molecule has 0 saturated carbocycles. The Bertz CT molecular complexity index is 604. The van der Waals surface area contributed by atoms with Gasteiger partial charge in [0.2, 0.25) is 0 Å². The third kappa shape index (κ3) is 2.83. The number of alkyl halides is 1. The molecule has 2 N–H and O–H groups in total. The Labute approximate surface area is 139 Å². The SMILES string of the molecule is CC(C)(C)C1(C(=O)Nc2nc(Br)cs2)C[C@@H](F)CN1C(=O)O. The molecule has 0 bridgehead atoms. The molecule has 1 aromatic heterocycles. The lowest BCUT2D eigenvalue weighted by molar-refractivity contribution is -0.132. The molecule has 9 heteroatoms. The number of carbonyl (C=O) groups excluding carboxylic acids is 1. The molecule has 0 radical (unpaired) electrons. The first-order valence-corrected chi connectivity index (χ1v) is 8.32. The van der Waals surface area contributed by atoms with Crippen molar-refractivity contribution in [2.24, 2.45) is 5.41 Å². The number of aromatic nitrogens is 1. The van der Waals surface area contributed by atoms with Crippen molar-refractivity contribution >= 4 is 44.4 Å². The highest BCUT2D eigenvalue weighted by Gasteiger charge is 2.60. The predicted molar refractivity (Wildman–Crippen MR) is 84.9 cm³/mol. The lowest BCUT2D eigenvalue weighted by Crippen LogP contribution is -2.62. The Hall–Kier alpha value is -1.22. The van der Waals surface area contributed by atoms with E-state index in [9.17, 15) is 19.1 Å². The van der Waals surface area contributed by atoms with Crippen LogP contribution in [0.15, 0.2) is 9.98 Å². The van der Waals surface area contributed by atoms with Crippen molar-refractivity contribution in [1.29, 1.82) is 0 Å². The van der Waals surface area contributed by atoms with Crippen LogP contribution in [0.5, 0.6) is 0 Å². The molecule has 0 aliphatic carbocycles. The number of rotatable bonds is 2. The van der Waals surface area contributed by atoms with Crippen molar-refractivity contribution in [3.63, 3.8) is 0 Å². The zero-order valence-electron chi connectivity index (χ0n) is 12.4. The molecule has 2 amide bonds. The van der Waals surface area contributed by atoms with Crippen LogP contribution >= 0.6 is 27.3 Å². The van der Waals surface area contributed by atoms with Gasteiger partial charge in [-0.1, -0.05) is 20.8 Å². The van der Waals surface area contributed by atoms with Gasteiger partial charge in [0.1, 0.15) is 16.3 Å². The quantitative estimate of drug-likeness (QED) is 0.806. The van der Waals surface area contributed by atoms with Gasteiger partial charge in [-0.3, -0.25) is 15.0 Å². The Morgan fingerprint density at radius 1 is 1.59 bits per heavy atom. The second-order valence-corrected chi connectivity index (χ2v) is 7.90. The first-order chi connectivity index (χ1) is 10.1. The molecular formula is C13H17BrFN3O3S. The summed E-state index contributed by atoms with van der Waals surface area (Å²) in [5.74, 6) is -0.551. The summed E-state index contributed by atoms with van der Waals surface area (Å²) in [5, 5.41) is 14.1. The van der Waals surface area contributed by atoms with Crippen LogP contribution in [0, 0.1) is 5.41 Å². The zero-order chi connectivity index (χ0) is 16.7. The smallest absolute Gasteiger partial charge is 0.408 e. The molecule has 1 aliphatic heterocycles. The molecule has 1 unspecified atom stereocenters. The maximum Gasteiger partial charge on any atom is 0.408 e. The summed E-state index contributed by atoms with van der Waals surface area (Å²) in [4.78, 5) is 29.3. The Morgan fingerprint density at radius 3 is 2.68 bits per heavy atom. The molecule has 22 heavy (non-hydrogen) atoms. The normalized spacial score (nSPS) is 25.3. The number of anilines is 1. The average molecular weight is 394 g/mol. The number of hydrogen-bond acceptors (Lipinski definition) is 4. The molecule has 2 atom stereocenters. The topological polar surface area (TPSA) is 82.5 Å². The van der Waals surface area contributed by atoms with Gasteiger partial charge in [-0.25, -0.2) is 14.2 Å². The molecule has 122 valence electrons. The molecule has 1 fully saturated rings. The summed E-state index contributed by atoms with van der Waals surface area (Å²) in [6, 6.07) is 0. The van der Waals surface area contributed by atoms with Crippen molar-refractivity contribution in [1.82, 2.24) is 9.88 Å². The Morgan fingerprint density at radius 2 is 2.23 bits per heavy atom. The van der Waals surface area contributed by atoms with Crippen LogP contribution in [-0.2, 0) is 4.79 Å². The molecular weight excluding hydrogens is 377 g/mol. The van der Waals surface area contributed by atoms with E-state index in [0.29, 0.717) is 9.73 Å². The van der Waals surface area contributed by atoms with Crippen LogP contribution in [0.3, 0.4) is 0 Å². The second-order valence-electron chi connectivity index (χ2n) is 6.23. The first kappa shape index (κ1) is 17.1. The van der Waals surface area contributed by atoms with E-state index >= 15 is 0 Å². The van der Waals surface area contributed by atoms with Gasteiger partial charge >= 0.3 is 6.09 Å². The van der Waals surface area contributed by atoms with Gasteiger partial charge in [-0.15, -0.1) is 11.3 Å². The van der Waals surface area contributed by atoms with Gasteiger partial charge in [0.25, 0.3) is 5.91 Å². The fourth-order valence-corrected chi connectivity index (χ4v) is 4.01. The molecule has 1 aliphatic rings. The number of carboxylic acid groups (broad SMARTS) is 1. The Kier molecular flexibility index (Phi) is 4.49. The second kappa shape index (κ2) is 5.77. The third-order valence-corrected chi connectivity index (χ3v) is 5.37. The average Bonchev–Trinajstić information content (AvgIpc) is 2.92. The maximum atomic E-state index is 14.0. The van der Waals surface area contributed by atoms with Crippen LogP contribution in [0.1, 0.15) is 27.2 Å². The van der Waals surface area contributed by atoms with Crippen molar-refractivity contribution in [2.75, 3.05) is 11.9 Å². The van der Waals surface area contributed by atoms with Crippen LogP contribution in [-0.4, -0.2) is 45.2 Å². The number of thiazole rings is 1. The number of nitrogens with zero attached hydrogens (tertiary/aromatic N) is 2. The maximum absolute atomic E-state index is 14.0. The highest BCUT2D eigenvalue weighted by atomic mass is 79.9. The standard InChI is InChI=1S/C13H17BrFN3O3S/c1-12(2,3)13(4-7(15)5-18(13)11(20)21)9(19)17-10-16-8(14)6-22-10/h6-7H,4-5H2,1-3H3,(H,20,21)(H,16,17,19)/t7-,13?/m1/s1. The minimum Gasteiger partial charge on any atom is -0.465 e. The van der Waals surface area contributed by atoms with Crippen LogP contribution in [0.4, 0.5) is 14.3 Å². The first-order valence-electron chi connectivity index (χ1n) is 6.65. The number of likely N-dealkylation sites (tertiary alicyclic amines) is 1. The molecule has 0 spiro atoms. The van der Waals surface area contributed by atoms with Crippen molar-refractivity contribution in [2.45, 2.75) is 38.9 Å². The van der Waals surface area contributed by atoms with E-state index in [4.69, 9.17) is 0 Å². The summed E-state index contributed by atoms with van der Waals surface area (Å²) in [7, 11) is 0. The zero-order valence-corrected chi connectivity index (χ0v) is 14.8. The van der Waals surface area contributed by atoms with Crippen molar-refractivity contribution in [3.05, 3.63) is 9.98 Å². The number of amides is 2. The minimum atomic E-state index is -1.48. The highest BCUT2D eigenvalue weighted by molar-refractivity contribution is 9.10. The third-order valence-electron chi connectivity index (χ3n) is 3.90. The van der Waals surface area contributed by atoms with Gasteiger partial charge in [-0.05, 0) is 21.3 Å². The fraction of sp³-hybridized carbons (Fsp3) is 0.615. The van der Waals surface area contributed by atoms with Crippen molar-refractivity contribution < 1.29 is 19.1 Å². The summed E-state index contributed by atoms with van der Waals surface area (Å²) < 4.78 is 14.5. The molecule has 1 saturated heterocycles. The number of hydrogen-bond donors (Lipinski definition) is 2. The van der Waals surface area contributed by atoms with E-state index in [0.717, 1.165) is 4.90 Å². The van der Waals surface area contributed by atoms with E-state index in [-0.39, 0.29) is 13.0 Å². The van der Waals surface area contributed by atoms with Gasteiger partial charge < -0.3 is 5.11 Å². The van der Waals surface area contributed by atoms with E-state index < -0.39 is 29.1 Å². The molecule has 6 nitrogen and oxygen atoms in total. The molecule has 1 aromatic rings. The van der Waals surface area contributed by atoms with Gasteiger partial charge in [0, 0.05) is 11.8 Å². The lowest BCUT2D eigenvalue weighted by Gasteiger charge is -2.44. The number of halogens is 2. The van der Waals surface area contributed by atoms with E-state index in [1.165, 1.54) is 11.3 Å². The summed E-state index contributed by atoms with van der Waals surface area (Å²) >= 11 is 4.39. The van der Waals surface area contributed by atoms with Gasteiger partial charge in [0.05, 0.1) is 6.54 Å². The van der Waals surface area contributed by atoms with E-state index in [1.54, 1.807) is 26.2 Å². The Balaban J connectivity index is 2.41. The van der Waals surface area contributed by atoms with Crippen molar-refractivity contribution in [3.8, 4) is 0 Å². The molecule has 0 aromatic carbocycles. The summed E-state index contributed by atoms with van der Waals surface area (Å²) in [6.45, 7) is 4.90. The molecule has 2 rings (SSSR count). The van der Waals surface area contributed by atoms with Crippen LogP contribution in [0.25, 0.3) is 0 Å². The van der Waals surface area contributed by atoms with Crippen LogP contribution < -0.4 is 5.32 Å². The highest BCUT2D eigenvalue weighted by Crippen LogP contribution is 2.45. The van der Waals surface area contributed by atoms with Gasteiger partial charge in [0.15, 0.2) is 5.13 Å². The van der Waals surface area contributed by atoms with E-state index in [2.05, 4.69) is 26.2 Å². The molecule has 2 heterocycles. The van der Waals surface area contributed by atoms with E-state index in [1.807, 2.05) is 0 Å². The number of nitrogens with one attached hydrogen (secondary N) is 1. The lowest BCUT2D eigenvalue weighted by atomic mass is 9.71. The van der Waals surface area contributed by atoms with Gasteiger partial charge in [-0.2, -0.15) is 0 Å². The monoisotopic (exact) mass is 393 g/mol. The number of carbonyl (C=O) groups is 2. The summed E-state index contributed by atoms with van der Waals surface area (Å²) in [6.07, 6.45) is -2.84.